The molecule has 100 valence electrons. The zero-order valence-corrected chi connectivity index (χ0v) is 11.7. The van der Waals surface area contributed by atoms with Crippen LogP contribution in [0, 0.1) is 0 Å². The van der Waals surface area contributed by atoms with Gasteiger partial charge >= 0.3 is 0 Å². The molecule has 1 aliphatic heterocycles. The average molecular weight is 268 g/mol. The highest BCUT2D eigenvalue weighted by Gasteiger charge is 2.21. The van der Waals surface area contributed by atoms with Gasteiger partial charge in [0.1, 0.15) is 18.2 Å². The molecule has 1 saturated heterocycles. The quantitative estimate of drug-likeness (QED) is 0.874. The lowest BCUT2D eigenvalue weighted by Gasteiger charge is -2.25. The molecule has 0 aliphatic carbocycles. The third-order valence-corrected chi connectivity index (χ3v) is 4.17. The standard InChI is InChI=1S/C12H20N4OS/c1-3-17-7-11-14-10(13)6-12(15-11)16(2)9-4-5-18-8-9/h6,9H,3-5,7-8H2,1-2H3,(H2,13,14,15). The molecule has 0 spiro atoms. The van der Waals surface area contributed by atoms with Crippen molar-refractivity contribution in [3.63, 3.8) is 0 Å². The minimum absolute atomic E-state index is 0.418. The molecule has 1 atom stereocenters. The van der Waals surface area contributed by atoms with E-state index in [9.17, 15) is 0 Å². The number of nitrogens with zero attached hydrogens (tertiary/aromatic N) is 3. The van der Waals surface area contributed by atoms with Crippen molar-refractivity contribution in [3.05, 3.63) is 11.9 Å². The second-order valence-electron chi connectivity index (χ2n) is 4.33. The first-order valence-corrected chi connectivity index (χ1v) is 7.38. The second-order valence-corrected chi connectivity index (χ2v) is 5.48. The molecule has 0 bridgehead atoms. The van der Waals surface area contributed by atoms with Crippen molar-refractivity contribution in [1.29, 1.82) is 0 Å². The van der Waals surface area contributed by atoms with Crippen LogP contribution in [0.4, 0.5) is 11.6 Å². The van der Waals surface area contributed by atoms with Crippen LogP contribution in [-0.2, 0) is 11.3 Å². The molecule has 5 nitrogen and oxygen atoms in total. The van der Waals surface area contributed by atoms with E-state index in [-0.39, 0.29) is 0 Å². The van der Waals surface area contributed by atoms with Crippen LogP contribution in [-0.4, -0.2) is 41.2 Å². The summed E-state index contributed by atoms with van der Waals surface area (Å²) in [6.07, 6.45) is 1.20. The summed E-state index contributed by atoms with van der Waals surface area (Å²) in [5, 5.41) is 0. The topological polar surface area (TPSA) is 64.3 Å². The molecule has 6 heteroatoms. The zero-order valence-electron chi connectivity index (χ0n) is 10.9. The van der Waals surface area contributed by atoms with Crippen LogP contribution in [0.15, 0.2) is 6.07 Å². The van der Waals surface area contributed by atoms with Gasteiger partial charge in [0.2, 0.25) is 0 Å². The van der Waals surface area contributed by atoms with Crippen molar-refractivity contribution in [2.45, 2.75) is 26.0 Å². The number of nitrogens with two attached hydrogens (primary N) is 1. The Morgan fingerprint density at radius 3 is 3.06 bits per heavy atom. The van der Waals surface area contributed by atoms with Gasteiger partial charge in [-0.25, -0.2) is 9.97 Å². The van der Waals surface area contributed by atoms with Crippen LogP contribution in [0.25, 0.3) is 0 Å². The minimum atomic E-state index is 0.418. The Labute approximate surface area is 112 Å². The largest absolute Gasteiger partial charge is 0.384 e. The first-order valence-electron chi connectivity index (χ1n) is 6.22. The Morgan fingerprint density at radius 2 is 2.39 bits per heavy atom. The lowest BCUT2D eigenvalue weighted by Crippen LogP contribution is -2.32. The number of nitrogen functional groups attached to an aromatic ring is 1. The van der Waals surface area contributed by atoms with Crippen LogP contribution >= 0.6 is 11.8 Å². The van der Waals surface area contributed by atoms with Crippen LogP contribution in [0.5, 0.6) is 0 Å². The highest BCUT2D eigenvalue weighted by atomic mass is 32.2. The molecule has 1 unspecified atom stereocenters. The average Bonchev–Trinajstić information content (AvgIpc) is 2.88. The van der Waals surface area contributed by atoms with Crippen LogP contribution < -0.4 is 10.6 Å². The number of rotatable bonds is 5. The normalized spacial score (nSPS) is 19.1. The molecule has 2 N–H and O–H groups in total. The van der Waals surface area contributed by atoms with Gasteiger partial charge in [0.15, 0.2) is 5.82 Å². The molecule has 1 aliphatic rings. The monoisotopic (exact) mass is 268 g/mol. The third kappa shape index (κ3) is 3.26. The summed E-state index contributed by atoms with van der Waals surface area (Å²) in [5.74, 6) is 4.43. The van der Waals surface area contributed by atoms with Gasteiger partial charge in [-0.3, -0.25) is 0 Å². The van der Waals surface area contributed by atoms with Gasteiger partial charge in [0.25, 0.3) is 0 Å². The fraction of sp³-hybridized carbons (Fsp3) is 0.667. The molecule has 1 aromatic rings. The Balaban J connectivity index is 2.13. The lowest BCUT2D eigenvalue weighted by atomic mass is 10.2. The minimum Gasteiger partial charge on any atom is -0.384 e. The van der Waals surface area contributed by atoms with E-state index in [1.165, 1.54) is 12.2 Å². The SMILES string of the molecule is CCOCc1nc(N)cc(N(C)C2CCSC2)n1. The highest BCUT2D eigenvalue weighted by molar-refractivity contribution is 7.99. The second kappa shape index (κ2) is 6.24. The van der Waals surface area contributed by atoms with E-state index in [4.69, 9.17) is 10.5 Å². The third-order valence-electron chi connectivity index (χ3n) is 3.03. The Kier molecular flexibility index (Phi) is 4.66. The number of hydrogen-bond acceptors (Lipinski definition) is 6. The molecule has 0 radical (unpaired) electrons. The summed E-state index contributed by atoms with van der Waals surface area (Å²) in [4.78, 5) is 10.9. The van der Waals surface area contributed by atoms with Crippen LogP contribution in [0.1, 0.15) is 19.2 Å². The molecule has 0 saturated carbocycles. The van der Waals surface area contributed by atoms with Crippen molar-refractivity contribution >= 4 is 23.4 Å². The van der Waals surface area contributed by atoms with Gasteiger partial charge in [0.05, 0.1) is 0 Å². The van der Waals surface area contributed by atoms with E-state index in [0.29, 0.717) is 30.9 Å². The Bertz CT molecular complexity index is 396. The van der Waals surface area contributed by atoms with Gasteiger partial charge in [-0.2, -0.15) is 11.8 Å². The maximum atomic E-state index is 5.83. The summed E-state index contributed by atoms with van der Waals surface area (Å²) in [5.41, 5.74) is 5.83. The predicted molar refractivity (Wildman–Crippen MR) is 75.9 cm³/mol. The van der Waals surface area contributed by atoms with Gasteiger partial charge in [0, 0.05) is 31.5 Å². The fourth-order valence-corrected chi connectivity index (χ4v) is 3.22. The zero-order chi connectivity index (χ0) is 13.0. The fourth-order valence-electron chi connectivity index (χ4n) is 1.96. The number of aromatic nitrogens is 2. The van der Waals surface area contributed by atoms with Crippen molar-refractivity contribution in [3.8, 4) is 0 Å². The summed E-state index contributed by atoms with van der Waals surface area (Å²) in [6.45, 7) is 3.03. The summed E-state index contributed by atoms with van der Waals surface area (Å²) >= 11 is 1.99. The Morgan fingerprint density at radius 1 is 1.56 bits per heavy atom. The molecule has 0 amide bonds. The van der Waals surface area contributed by atoms with Crippen molar-refractivity contribution in [2.75, 3.05) is 35.8 Å². The summed E-state index contributed by atoms with van der Waals surface area (Å²) in [6, 6.07) is 2.38. The Hall–Kier alpha value is -1.01. The molecule has 1 aromatic heterocycles. The first-order chi connectivity index (χ1) is 8.70. The summed E-state index contributed by atoms with van der Waals surface area (Å²) < 4.78 is 5.33. The lowest BCUT2D eigenvalue weighted by molar-refractivity contribution is 0.128. The number of anilines is 2. The van der Waals surface area contributed by atoms with E-state index in [0.717, 1.165) is 11.6 Å². The molecular weight excluding hydrogens is 248 g/mol. The molecule has 2 heterocycles. The van der Waals surface area contributed by atoms with Crippen LogP contribution in [0.3, 0.4) is 0 Å². The van der Waals surface area contributed by atoms with E-state index in [1.807, 2.05) is 24.8 Å². The molecule has 18 heavy (non-hydrogen) atoms. The predicted octanol–water partition coefficient (Wildman–Crippen LogP) is 1.54. The summed E-state index contributed by atoms with van der Waals surface area (Å²) in [7, 11) is 2.07. The molecule has 2 rings (SSSR count). The van der Waals surface area contributed by atoms with E-state index >= 15 is 0 Å². The van der Waals surface area contributed by atoms with Crippen LogP contribution in [0.2, 0.25) is 0 Å². The van der Waals surface area contributed by atoms with Gasteiger partial charge in [-0.1, -0.05) is 0 Å². The number of hydrogen-bond donors (Lipinski definition) is 1. The van der Waals surface area contributed by atoms with Crippen molar-refractivity contribution in [1.82, 2.24) is 9.97 Å². The van der Waals surface area contributed by atoms with E-state index < -0.39 is 0 Å². The highest BCUT2D eigenvalue weighted by Crippen LogP contribution is 2.25. The van der Waals surface area contributed by atoms with Gasteiger partial charge in [-0.15, -0.1) is 0 Å². The van der Waals surface area contributed by atoms with Gasteiger partial charge < -0.3 is 15.4 Å². The van der Waals surface area contributed by atoms with Crippen molar-refractivity contribution in [2.24, 2.45) is 0 Å². The van der Waals surface area contributed by atoms with Gasteiger partial charge in [-0.05, 0) is 19.1 Å². The smallest absolute Gasteiger partial charge is 0.158 e. The number of ether oxygens (including phenoxy) is 1. The van der Waals surface area contributed by atoms with Crippen molar-refractivity contribution < 1.29 is 4.74 Å². The van der Waals surface area contributed by atoms with E-state index in [2.05, 4.69) is 21.9 Å². The molecule has 0 aromatic carbocycles. The molecule has 1 fully saturated rings. The van der Waals surface area contributed by atoms with E-state index in [1.54, 1.807) is 0 Å². The number of thioether (sulfide) groups is 1. The maximum absolute atomic E-state index is 5.83. The first kappa shape index (κ1) is 13.4. The molecular formula is C12H20N4OS. The maximum Gasteiger partial charge on any atom is 0.158 e.